The van der Waals surface area contributed by atoms with Crippen molar-refractivity contribution < 1.29 is 4.79 Å². The van der Waals surface area contributed by atoms with Gasteiger partial charge in [0.15, 0.2) is 5.78 Å². The van der Waals surface area contributed by atoms with Crippen LogP contribution in [0.1, 0.15) is 23.2 Å². The summed E-state index contributed by atoms with van der Waals surface area (Å²) in [6.07, 6.45) is 1.28. The Hall–Kier alpha value is -0.340. The summed E-state index contributed by atoms with van der Waals surface area (Å²) in [5, 5.41) is 0. The maximum atomic E-state index is 11.6. The van der Waals surface area contributed by atoms with Crippen molar-refractivity contribution in [3.63, 3.8) is 0 Å². The molecule has 0 N–H and O–H groups in total. The Balaban J connectivity index is 2.57. The van der Waals surface area contributed by atoms with E-state index in [1.54, 1.807) is 0 Å². The first-order valence-electron chi connectivity index (χ1n) is 4.53. The van der Waals surface area contributed by atoms with Crippen molar-refractivity contribution in [2.75, 3.05) is 5.88 Å². The van der Waals surface area contributed by atoms with Crippen LogP contribution in [0.5, 0.6) is 0 Å². The summed E-state index contributed by atoms with van der Waals surface area (Å²) in [6.45, 7) is 0. The van der Waals surface area contributed by atoms with Crippen molar-refractivity contribution in [2.45, 2.75) is 17.7 Å². The lowest BCUT2D eigenvalue weighted by Crippen LogP contribution is -2.06. The van der Waals surface area contributed by atoms with Crippen molar-refractivity contribution in [1.29, 1.82) is 0 Å². The highest BCUT2D eigenvalue weighted by Crippen LogP contribution is 2.25. The summed E-state index contributed by atoms with van der Waals surface area (Å²) in [6, 6.07) is 9.68. The van der Waals surface area contributed by atoms with Crippen LogP contribution in [0, 0.1) is 0 Å². The Bertz CT molecular complexity index is 287. The number of halogens is 2. The maximum Gasteiger partial charge on any atom is 0.150 e. The SMILES string of the molecule is O=C(CCCCl)C(Br)c1ccccc1. The van der Waals surface area contributed by atoms with Crippen LogP contribution < -0.4 is 0 Å². The lowest BCUT2D eigenvalue weighted by molar-refractivity contribution is -0.118. The number of Topliss-reactive ketones (excluding diaryl/α,β-unsaturated/α-hetero) is 1. The van der Waals surface area contributed by atoms with Gasteiger partial charge in [0.25, 0.3) is 0 Å². The Morgan fingerprint density at radius 3 is 2.57 bits per heavy atom. The quantitative estimate of drug-likeness (QED) is 0.749. The normalized spacial score (nSPS) is 12.4. The van der Waals surface area contributed by atoms with Crippen LogP contribution in [0.25, 0.3) is 0 Å². The second-order valence-electron chi connectivity index (χ2n) is 3.03. The third kappa shape index (κ3) is 3.43. The smallest absolute Gasteiger partial charge is 0.150 e. The number of alkyl halides is 2. The minimum atomic E-state index is -0.188. The molecule has 1 atom stereocenters. The van der Waals surface area contributed by atoms with Crippen molar-refractivity contribution in [1.82, 2.24) is 0 Å². The molecule has 1 rings (SSSR count). The Kier molecular flexibility index (Phi) is 5.20. The predicted octanol–water partition coefficient (Wildman–Crippen LogP) is 3.71. The van der Waals surface area contributed by atoms with E-state index < -0.39 is 0 Å². The number of ketones is 1. The van der Waals surface area contributed by atoms with E-state index in [4.69, 9.17) is 11.6 Å². The van der Waals surface area contributed by atoms with E-state index in [1.165, 1.54) is 0 Å². The third-order valence-electron chi connectivity index (χ3n) is 1.93. The molecule has 0 aliphatic heterocycles. The maximum absolute atomic E-state index is 11.6. The third-order valence-corrected chi connectivity index (χ3v) is 3.24. The molecule has 0 bridgehead atoms. The monoisotopic (exact) mass is 274 g/mol. The number of benzene rings is 1. The highest BCUT2D eigenvalue weighted by Gasteiger charge is 2.15. The number of carbonyl (C=O) groups excluding carboxylic acids is 1. The van der Waals surface area contributed by atoms with Crippen molar-refractivity contribution >= 4 is 33.3 Å². The van der Waals surface area contributed by atoms with Gasteiger partial charge in [-0.1, -0.05) is 46.3 Å². The molecule has 0 radical (unpaired) electrons. The van der Waals surface area contributed by atoms with Crippen LogP contribution in [0.3, 0.4) is 0 Å². The molecule has 1 nitrogen and oxygen atoms in total. The minimum absolute atomic E-state index is 0.188. The van der Waals surface area contributed by atoms with Gasteiger partial charge in [-0.25, -0.2) is 0 Å². The van der Waals surface area contributed by atoms with Gasteiger partial charge in [-0.15, -0.1) is 11.6 Å². The first kappa shape index (κ1) is 11.7. The van der Waals surface area contributed by atoms with Gasteiger partial charge in [-0.05, 0) is 12.0 Å². The van der Waals surface area contributed by atoms with Crippen LogP contribution in [0.15, 0.2) is 30.3 Å². The number of hydrogen-bond donors (Lipinski definition) is 0. The number of hydrogen-bond acceptors (Lipinski definition) is 1. The van der Waals surface area contributed by atoms with Gasteiger partial charge in [0.1, 0.15) is 0 Å². The Morgan fingerprint density at radius 2 is 2.00 bits per heavy atom. The lowest BCUT2D eigenvalue weighted by atomic mass is 10.1. The molecule has 1 unspecified atom stereocenters. The van der Waals surface area contributed by atoms with Crippen LogP contribution in [-0.4, -0.2) is 11.7 Å². The van der Waals surface area contributed by atoms with Crippen LogP contribution in [0.4, 0.5) is 0 Å². The highest BCUT2D eigenvalue weighted by molar-refractivity contribution is 9.09. The molecule has 1 aromatic carbocycles. The summed E-state index contributed by atoms with van der Waals surface area (Å²) in [5.74, 6) is 0.733. The van der Waals surface area contributed by atoms with Crippen LogP contribution >= 0.6 is 27.5 Å². The lowest BCUT2D eigenvalue weighted by Gasteiger charge is -2.07. The predicted molar refractivity (Wildman–Crippen MR) is 63.1 cm³/mol. The van der Waals surface area contributed by atoms with E-state index in [1.807, 2.05) is 30.3 Å². The Morgan fingerprint density at radius 1 is 1.36 bits per heavy atom. The minimum Gasteiger partial charge on any atom is -0.298 e. The second kappa shape index (κ2) is 6.20. The largest absolute Gasteiger partial charge is 0.298 e. The molecule has 14 heavy (non-hydrogen) atoms. The van der Waals surface area contributed by atoms with Gasteiger partial charge in [0, 0.05) is 12.3 Å². The van der Waals surface area contributed by atoms with Gasteiger partial charge < -0.3 is 0 Å². The summed E-state index contributed by atoms with van der Waals surface area (Å²) in [7, 11) is 0. The van der Waals surface area contributed by atoms with Crippen molar-refractivity contribution in [3.8, 4) is 0 Å². The fourth-order valence-corrected chi connectivity index (χ4v) is 1.84. The first-order valence-corrected chi connectivity index (χ1v) is 5.98. The van der Waals surface area contributed by atoms with Crippen molar-refractivity contribution in [3.05, 3.63) is 35.9 Å². The van der Waals surface area contributed by atoms with E-state index >= 15 is 0 Å². The molecule has 0 saturated heterocycles. The number of carbonyl (C=O) groups is 1. The topological polar surface area (TPSA) is 17.1 Å². The van der Waals surface area contributed by atoms with E-state index in [0.717, 1.165) is 12.0 Å². The fraction of sp³-hybridized carbons (Fsp3) is 0.364. The molecule has 0 amide bonds. The molecule has 0 aromatic heterocycles. The number of rotatable bonds is 5. The summed E-state index contributed by atoms with van der Waals surface area (Å²) >= 11 is 8.92. The highest BCUT2D eigenvalue weighted by atomic mass is 79.9. The second-order valence-corrected chi connectivity index (χ2v) is 4.33. The van der Waals surface area contributed by atoms with E-state index in [-0.39, 0.29) is 10.6 Å². The summed E-state index contributed by atoms with van der Waals surface area (Å²) in [5.41, 5.74) is 1.01. The molecule has 0 aliphatic rings. The molecule has 0 heterocycles. The molecule has 0 spiro atoms. The fourth-order valence-electron chi connectivity index (χ4n) is 1.18. The molecule has 3 heteroatoms. The van der Waals surface area contributed by atoms with E-state index in [0.29, 0.717) is 12.3 Å². The zero-order valence-corrected chi connectivity index (χ0v) is 10.1. The summed E-state index contributed by atoms with van der Waals surface area (Å²) in [4.78, 5) is 11.4. The van der Waals surface area contributed by atoms with E-state index in [9.17, 15) is 4.79 Å². The standard InChI is InChI=1S/C11H12BrClO/c12-11(10(14)7-4-8-13)9-5-2-1-3-6-9/h1-3,5-6,11H,4,7-8H2. The molecule has 76 valence electrons. The average molecular weight is 276 g/mol. The molecule has 1 aromatic rings. The van der Waals surface area contributed by atoms with Crippen molar-refractivity contribution in [2.24, 2.45) is 0 Å². The summed E-state index contributed by atoms with van der Waals surface area (Å²) < 4.78 is 0. The molecule has 0 fully saturated rings. The first-order chi connectivity index (χ1) is 6.75. The zero-order valence-electron chi connectivity index (χ0n) is 7.75. The molecule has 0 aliphatic carbocycles. The Labute approximate surface area is 97.6 Å². The van der Waals surface area contributed by atoms with Gasteiger partial charge in [-0.2, -0.15) is 0 Å². The molecular formula is C11H12BrClO. The van der Waals surface area contributed by atoms with Gasteiger partial charge in [0.2, 0.25) is 0 Å². The zero-order chi connectivity index (χ0) is 10.4. The van der Waals surface area contributed by atoms with Crippen LogP contribution in [0.2, 0.25) is 0 Å². The molecule has 0 saturated carbocycles. The van der Waals surface area contributed by atoms with Gasteiger partial charge in [0.05, 0.1) is 4.83 Å². The molecular weight excluding hydrogens is 263 g/mol. The van der Waals surface area contributed by atoms with Gasteiger partial charge >= 0.3 is 0 Å². The average Bonchev–Trinajstić information content (AvgIpc) is 2.26. The van der Waals surface area contributed by atoms with E-state index in [2.05, 4.69) is 15.9 Å². The van der Waals surface area contributed by atoms with Gasteiger partial charge in [-0.3, -0.25) is 4.79 Å². The van der Waals surface area contributed by atoms with Crippen LogP contribution in [-0.2, 0) is 4.79 Å².